The van der Waals surface area contributed by atoms with E-state index >= 15 is 0 Å². The molecular weight excluding hydrogens is 333 g/mol. The number of nitriles is 1. The quantitative estimate of drug-likeness (QED) is 0.786. The van der Waals surface area contributed by atoms with Crippen LogP contribution in [0, 0.1) is 17.1 Å². The van der Waals surface area contributed by atoms with Crippen molar-refractivity contribution in [3.63, 3.8) is 0 Å². The van der Waals surface area contributed by atoms with E-state index in [0.717, 1.165) is 24.6 Å². The predicted molar refractivity (Wildman–Crippen MR) is 92.0 cm³/mol. The van der Waals surface area contributed by atoms with Gasteiger partial charge in [-0.15, -0.1) is 0 Å². The molecule has 0 saturated heterocycles. The SMILES string of the molecule is N#Cc1cccc(C2(C(=O)Nc3ccn(-c4cncc(F)c4)n3)CC2)c1. The molecular formula is C19H14FN5O. The van der Waals surface area contributed by atoms with Gasteiger partial charge in [0.05, 0.1) is 35.1 Å². The van der Waals surface area contributed by atoms with E-state index in [4.69, 9.17) is 5.26 Å². The third-order valence-electron chi connectivity index (χ3n) is 4.51. The van der Waals surface area contributed by atoms with E-state index < -0.39 is 11.2 Å². The molecule has 0 spiro atoms. The Morgan fingerprint density at radius 2 is 2.12 bits per heavy atom. The number of benzene rings is 1. The van der Waals surface area contributed by atoms with E-state index in [2.05, 4.69) is 21.5 Å². The second-order valence-electron chi connectivity index (χ2n) is 6.24. The van der Waals surface area contributed by atoms with Crippen LogP contribution >= 0.6 is 0 Å². The predicted octanol–water partition coefficient (Wildman–Crippen LogP) is 2.95. The molecule has 0 atom stereocenters. The molecule has 6 nitrogen and oxygen atoms in total. The number of nitrogens with one attached hydrogen (secondary N) is 1. The lowest BCUT2D eigenvalue weighted by Crippen LogP contribution is -2.28. The second-order valence-corrected chi connectivity index (χ2v) is 6.24. The van der Waals surface area contributed by atoms with E-state index in [-0.39, 0.29) is 5.91 Å². The van der Waals surface area contributed by atoms with Gasteiger partial charge in [0.2, 0.25) is 5.91 Å². The number of rotatable bonds is 4. The minimum absolute atomic E-state index is 0.157. The van der Waals surface area contributed by atoms with Crippen molar-refractivity contribution in [3.05, 3.63) is 71.9 Å². The average molecular weight is 347 g/mol. The molecule has 7 heteroatoms. The zero-order valence-corrected chi connectivity index (χ0v) is 13.7. The van der Waals surface area contributed by atoms with Crippen molar-refractivity contribution in [1.82, 2.24) is 14.8 Å². The molecule has 0 aliphatic heterocycles. The van der Waals surface area contributed by atoms with Gasteiger partial charge in [-0.2, -0.15) is 10.4 Å². The molecule has 1 fully saturated rings. The van der Waals surface area contributed by atoms with Crippen molar-refractivity contribution in [2.24, 2.45) is 0 Å². The van der Waals surface area contributed by atoms with Crippen molar-refractivity contribution in [3.8, 4) is 11.8 Å². The number of aromatic nitrogens is 3. The molecule has 1 saturated carbocycles. The van der Waals surface area contributed by atoms with Gasteiger partial charge < -0.3 is 5.32 Å². The lowest BCUT2D eigenvalue weighted by atomic mass is 9.93. The number of carbonyl (C=O) groups is 1. The molecule has 0 unspecified atom stereocenters. The highest BCUT2D eigenvalue weighted by Gasteiger charge is 2.51. The van der Waals surface area contributed by atoms with Gasteiger partial charge in [-0.25, -0.2) is 9.07 Å². The maximum atomic E-state index is 13.3. The largest absolute Gasteiger partial charge is 0.308 e. The van der Waals surface area contributed by atoms with Crippen LogP contribution in [0.15, 0.2) is 55.0 Å². The van der Waals surface area contributed by atoms with Crippen LogP contribution in [-0.2, 0) is 10.2 Å². The monoisotopic (exact) mass is 347 g/mol. The van der Waals surface area contributed by atoms with Gasteiger partial charge in [-0.05, 0) is 30.5 Å². The Labute approximate surface area is 148 Å². The summed E-state index contributed by atoms with van der Waals surface area (Å²) in [6.45, 7) is 0. The van der Waals surface area contributed by atoms with E-state index in [1.807, 2.05) is 6.07 Å². The van der Waals surface area contributed by atoms with Gasteiger partial charge in [0.15, 0.2) is 5.82 Å². The lowest BCUT2D eigenvalue weighted by molar-refractivity contribution is -0.118. The number of pyridine rings is 1. The summed E-state index contributed by atoms with van der Waals surface area (Å²) in [7, 11) is 0. The fourth-order valence-electron chi connectivity index (χ4n) is 2.95. The molecule has 128 valence electrons. The number of nitrogens with zero attached hydrogens (tertiary/aromatic N) is 4. The van der Waals surface area contributed by atoms with Crippen LogP contribution in [0.1, 0.15) is 24.0 Å². The fraction of sp³-hybridized carbons (Fsp3) is 0.158. The Hall–Kier alpha value is -3.53. The van der Waals surface area contributed by atoms with Crippen LogP contribution in [0.5, 0.6) is 0 Å². The van der Waals surface area contributed by atoms with E-state index in [9.17, 15) is 9.18 Å². The highest BCUT2D eigenvalue weighted by molar-refractivity contribution is 6.00. The first kappa shape index (κ1) is 16.0. The molecule has 2 heterocycles. The summed E-state index contributed by atoms with van der Waals surface area (Å²) in [6, 6.07) is 12.2. The van der Waals surface area contributed by atoms with Gasteiger partial charge in [-0.3, -0.25) is 9.78 Å². The maximum Gasteiger partial charge on any atom is 0.236 e. The average Bonchev–Trinajstić information content (AvgIpc) is 3.35. The number of hydrogen-bond donors (Lipinski definition) is 1. The van der Waals surface area contributed by atoms with Crippen molar-refractivity contribution in [2.75, 3.05) is 5.32 Å². The molecule has 1 aliphatic carbocycles. The lowest BCUT2D eigenvalue weighted by Gasteiger charge is -2.15. The molecule has 1 N–H and O–H groups in total. The highest BCUT2D eigenvalue weighted by atomic mass is 19.1. The topological polar surface area (TPSA) is 83.6 Å². The van der Waals surface area contributed by atoms with Crippen LogP contribution in [0.25, 0.3) is 5.69 Å². The standard InChI is InChI=1S/C19H14FN5O/c20-15-9-16(12-22-11-15)25-7-4-17(24-25)23-18(26)19(5-6-19)14-3-1-2-13(8-14)10-21/h1-4,7-9,11-12H,5-6H2,(H,23,24,26). The molecule has 26 heavy (non-hydrogen) atoms. The molecule has 1 amide bonds. The first-order valence-corrected chi connectivity index (χ1v) is 8.09. The maximum absolute atomic E-state index is 13.3. The van der Waals surface area contributed by atoms with Crippen molar-refractivity contribution in [1.29, 1.82) is 5.26 Å². The zero-order chi connectivity index (χ0) is 18.1. The Bertz CT molecular complexity index is 1030. The fourth-order valence-corrected chi connectivity index (χ4v) is 2.95. The molecule has 4 rings (SSSR count). The van der Waals surface area contributed by atoms with Crippen LogP contribution in [0.2, 0.25) is 0 Å². The molecule has 1 aromatic carbocycles. The van der Waals surface area contributed by atoms with Gasteiger partial charge in [0, 0.05) is 18.3 Å². The van der Waals surface area contributed by atoms with Gasteiger partial charge in [-0.1, -0.05) is 12.1 Å². The Morgan fingerprint density at radius 3 is 2.85 bits per heavy atom. The highest BCUT2D eigenvalue weighted by Crippen LogP contribution is 2.49. The van der Waals surface area contributed by atoms with Crippen LogP contribution in [0.4, 0.5) is 10.2 Å². The summed E-state index contributed by atoms with van der Waals surface area (Å²) >= 11 is 0. The summed E-state index contributed by atoms with van der Waals surface area (Å²) < 4.78 is 14.7. The first-order chi connectivity index (χ1) is 12.6. The zero-order valence-electron chi connectivity index (χ0n) is 13.7. The molecule has 3 aromatic rings. The summed E-state index contributed by atoms with van der Waals surface area (Å²) in [6.07, 6.45) is 5.67. The minimum atomic E-state index is -0.614. The molecule has 1 aliphatic rings. The Balaban J connectivity index is 1.55. The van der Waals surface area contributed by atoms with E-state index in [0.29, 0.717) is 17.1 Å². The van der Waals surface area contributed by atoms with Crippen LogP contribution in [-0.4, -0.2) is 20.7 Å². The van der Waals surface area contributed by atoms with Gasteiger partial charge >= 0.3 is 0 Å². The molecule has 0 radical (unpaired) electrons. The first-order valence-electron chi connectivity index (χ1n) is 8.09. The second kappa shape index (κ2) is 6.08. The third-order valence-corrected chi connectivity index (χ3v) is 4.51. The number of amides is 1. The number of hydrogen-bond acceptors (Lipinski definition) is 4. The number of carbonyl (C=O) groups excluding carboxylic acids is 1. The number of halogens is 1. The van der Waals surface area contributed by atoms with Crippen molar-refractivity contribution < 1.29 is 9.18 Å². The van der Waals surface area contributed by atoms with Gasteiger partial charge in [0.1, 0.15) is 5.82 Å². The van der Waals surface area contributed by atoms with Crippen LogP contribution in [0.3, 0.4) is 0 Å². The van der Waals surface area contributed by atoms with Crippen molar-refractivity contribution >= 4 is 11.7 Å². The summed E-state index contributed by atoms with van der Waals surface area (Å²) in [5.74, 6) is -0.241. The summed E-state index contributed by atoms with van der Waals surface area (Å²) in [5, 5.41) is 16.1. The van der Waals surface area contributed by atoms with Crippen molar-refractivity contribution in [2.45, 2.75) is 18.3 Å². The third kappa shape index (κ3) is 2.82. The summed E-state index contributed by atoms with van der Waals surface area (Å²) in [5.41, 5.74) is 1.22. The Kier molecular flexibility index (Phi) is 3.73. The minimum Gasteiger partial charge on any atom is -0.308 e. The van der Waals surface area contributed by atoms with E-state index in [1.165, 1.54) is 16.9 Å². The summed E-state index contributed by atoms with van der Waals surface area (Å²) in [4.78, 5) is 16.6. The van der Waals surface area contributed by atoms with Crippen LogP contribution < -0.4 is 5.32 Å². The van der Waals surface area contributed by atoms with E-state index in [1.54, 1.807) is 30.5 Å². The molecule has 2 aromatic heterocycles. The smallest absolute Gasteiger partial charge is 0.236 e. The number of anilines is 1. The normalized spacial score (nSPS) is 14.5. The van der Waals surface area contributed by atoms with Gasteiger partial charge in [0.25, 0.3) is 0 Å². The Morgan fingerprint density at radius 1 is 1.27 bits per heavy atom. The molecule has 0 bridgehead atoms.